The van der Waals surface area contributed by atoms with E-state index in [-0.39, 0.29) is 12.5 Å². The maximum absolute atomic E-state index is 13.0. The summed E-state index contributed by atoms with van der Waals surface area (Å²) < 4.78 is 49.6. The number of nitrogens with zero attached hydrogens (tertiary/aromatic N) is 1. The summed E-state index contributed by atoms with van der Waals surface area (Å²) in [7, 11) is 2.98. The SMILES string of the molecule is CCOc1ccc(C(=O)N(C)C(COC)c2cccc(C(F)(F)F)c2)cc1. The van der Waals surface area contributed by atoms with Crippen LogP contribution in [0.15, 0.2) is 48.5 Å². The van der Waals surface area contributed by atoms with Crippen molar-refractivity contribution in [3.05, 3.63) is 65.2 Å². The van der Waals surface area contributed by atoms with Crippen molar-refractivity contribution < 1.29 is 27.4 Å². The number of likely N-dealkylation sites (N-methyl/N-ethyl adjacent to an activating group) is 1. The third kappa shape index (κ3) is 5.23. The molecule has 0 aliphatic rings. The molecule has 0 N–H and O–H groups in total. The van der Waals surface area contributed by atoms with Gasteiger partial charge in [0.1, 0.15) is 5.75 Å². The number of hydrogen-bond acceptors (Lipinski definition) is 3. The predicted octanol–water partition coefficient (Wildman–Crippen LogP) is 4.56. The molecular weight excluding hydrogens is 359 g/mol. The number of amides is 1. The van der Waals surface area contributed by atoms with Crippen LogP contribution in [0.5, 0.6) is 5.75 Å². The highest BCUT2D eigenvalue weighted by Gasteiger charge is 2.32. The van der Waals surface area contributed by atoms with E-state index in [1.54, 1.807) is 37.4 Å². The first-order valence-corrected chi connectivity index (χ1v) is 8.44. The smallest absolute Gasteiger partial charge is 0.416 e. The van der Waals surface area contributed by atoms with Gasteiger partial charge in [-0.05, 0) is 48.9 Å². The van der Waals surface area contributed by atoms with Gasteiger partial charge in [-0.25, -0.2) is 0 Å². The lowest BCUT2D eigenvalue weighted by molar-refractivity contribution is -0.137. The zero-order valence-electron chi connectivity index (χ0n) is 15.4. The van der Waals surface area contributed by atoms with Crippen LogP contribution in [0, 0.1) is 0 Å². The van der Waals surface area contributed by atoms with Crippen molar-refractivity contribution in [3.63, 3.8) is 0 Å². The fourth-order valence-corrected chi connectivity index (χ4v) is 2.72. The molecule has 27 heavy (non-hydrogen) atoms. The molecule has 7 heteroatoms. The van der Waals surface area contributed by atoms with Crippen LogP contribution in [0.4, 0.5) is 13.2 Å². The predicted molar refractivity (Wildman–Crippen MR) is 95.8 cm³/mol. The second kappa shape index (κ2) is 8.90. The van der Waals surface area contributed by atoms with Gasteiger partial charge in [0.2, 0.25) is 0 Å². The van der Waals surface area contributed by atoms with Gasteiger partial charge in [0.05, 0.1) is 24.8 Å². The maximum Gasteiger partial charge on any atom is 0.416 e. The molecule has 2 rings (SSSR count). The van der Waals surface area contributed by atoms with Crippen molar-refractivity contribution in [2.45, 2.75) is 19.1 Å². The lowest BCUT2D eigenvalue weighted by Crippen LogP contribution is -2.34. The van der Waals surface area contributed by atoms with Crippen LogP contribution in [0.3, 0.4) is 0 Å². The number of halogens is 3. The molecule has 0 saturated carbocycles. The molecule has 4 nitrogen and oxygen atoms in total. The van der Waals surface area contributed by atoms with Gasteiger partial charge < -0.3 is 14.4 Å². The molecule has 1 atom stereocenters. The van der Waals surface area contributed by atoms with Gasteiger partial charge in [-0.2, -0.15) is 13.2 Å². The van der Waals surface area contributed by atoms with Crippen molar-refractivity contribution in [2.75, 3.05) is 27.4 Å². The van der Waals surface area contributed by atoms with Crippen LogP contribution >= 0.6 is 0 Å². The lowest BCUT2D eigenvalue weighted by Gasteiger charge is -2.28. The normalized spacial score (nSPS) is 12.5. The summed E-state index contributed by atoms with van der Waals surface area (Å²) in [6.07, 6.45) is -4.45. The van der Waals surface area contributed by atoms with Gasteiger partial charge in [-0.15, -0.1) is 0 Å². The summed E-state index contributed by atoms with van der Waals surface area (Å²) in [5.41, 5.74) is 0.00510. The molecule has 0 bridgehead atoms. The Balaban J connectivity index is 2.28. The largest absolute Gasteiger partial charge is 0.494 e. The number of carbonyl (C=O) groups excluding carboxylic acids is 1. The van der Waals surface area contributed by atoms with E-state index in [9.17, 15) is 18.0 Å². The molecular formula is C20H22F3NO3. The van der Waals surface area contributed by atoms with E-state index in [2.05, 4.69) is 0 Å². The third-order valence-corrected chi connectivity index (χ3v) is 4.12. The van der Waals surface area contributed by atoms with E-state index in [1.165, 1.54) is 18.1 Å². The fourth-order valence-electron chi connectivity index (χ4n) is 2.72. The van der Waals surface area contributed by atoms with E-state index >= 15 is 0 Å². The summed E-state index contributed by atoms with van der Waals surface area (Å²) >= 11 is 0. The number of methoxy groups -OCH3 is 1. The van der Waals surface area contributed by atoms with Crippen molar-refractivity contribution >= 4 is 5.91 Å². The van der Waals surface area contributed by atoms with E-state index in [4.69, 9.17) is 9.47 Å². The Bertz CT molecular complexity index is 760. The number of carbonyl (C=O) groups is 1. The second-order valence-corrected chi connectivity index (χ2v) is 5.97. The minimum absolute atomic E-state index is 0.0700. The van der Waals surface area contributed by atoms with E-state index in [0.29, 0.717) is 23.5 Å². The Labute approximate surface area is 156 Å². The summed E-state index contributed by atoms with van der Waals surface area (Å²) in [4.78, 5) is 14.2. The van der Waals surface area contributed by atoms with Crippen LogP contribution in [-0.2, 0) is 10.9 Å². The maximum atomic E-state index is 13.0. The van der Waals surface area contributed by atoms with Crippen LogP contribution in [-0.4, -0.2) is 38.2 Å². The van der Waals surface area contributed by atoms with Gasteiger partial charge in [-0.1, -0.05) is 12.1 Å². The number of rotatable bonds is 7. The number of ether oxygens (including phenoxy) is 2. The zero-order valence-corrected chi connectivity index (χ0v) is 15.4. The molecule has 0 spiro atoms. The van der Waals surface area contributed by atoms with Gasteiger partial charge >= 0.3 is 6.18 Å². The van der Waals surface area contributed by atoms with E-state index in [0.717, 1.165) is 12.1 Å². The summed E-state index contributed by atoms with van der Waals surface area (Å²) in [5, 5.41) is 0. The summed E-state index contributed by atoms with van der Waals surface area (Å²) in [5.74, 6) is 0.320. The van der Waals surface area contributed by atoms with Crippen molar-refractivity contribution in [1.29, 1.82) is 0 Å². The molecule has 0 aliphatic heterocycles. The van der Waals surface area contributed by atoms with Crippen LogP contribution in [0.2, 0.25) is 0 Å². The van der Waals surface area contributed by atoms with Gasteiger partial charge in [0.15, 0.2) is 0 Å². The van der Waals surface area contributed by atoms with Gasteiger partial charge in [0.25, 0.3) is 5.91 Å². The first kappa shape index (κ1) is 20.8. The summed E-state index contributed by atoms with van der Waals surface area (Å²) in [6.45, 7) is 2.44. The Hall–Kier alpha value is -2.54. The molecule has 2 aromatic carbocycles. The monoisotopic (exact) mass is 381 g/mol. The second-order valence-electron chi connectivity index (χ2n) is 5.97. The molecule has 2 aromatic rings. The highest BCUT2D eigenvalue weighted by atomic mass is 19.4. The molecule has 1 unspecified atom stereocenters. The first-order chi connectivity index (χ1) is 12.8. The number of hydrogen-bond donors (Lipinski definition) is 0. The Morgan fingerprint density at radius 2 is 1.81 bits per heavy atom. The van der Waals surface area contributed by atoms with E-state index < -0.39 is 17.8 Å². The first-order valence-electron chi connectivity index (χ1n) is 8.44. The third-order valence-electron chi connectivity index (χ3n) is 4.12. The number of alkyl halides is 3. The Morgan fingerprint density at radius 3 is 2.37 bits per heavy atom. The Kier molecular flexibility index (Phi) is 6.85. The molecule has 0 fully saturated rings. The molecule has 0 heterocycles. The molecule has 0 aromatic heterocycles. The topological polar surface area (TPSA) is 38.8 Å². The van der Waals surface area contributed by atoms with E-state index in [1.807, 2.05) is 6.92 Å². The van der Waals surface area contributed by atoms with Crippen LogP contribution in [0.25, 0.3) is 0 Å². The number of benzene rings is 2. The molecule has 1 amide bonds. The summed E-state index contributed by atoms with van der Waals surface area (Å²) in [6, 6.07) is 10.9. The van der Waals surface area contributed by atoms with Crippen molar-refractivity contribution in [1.82, 2.24) is 4.90 Å². The average Bonchev–Trinajstić information content (AvgIpc) is 2.65. The van der Waals surface area contributed by atoms with Crippen molar-refractivity contribution in [3.8, 4) is 5.75 Å². The van der Waals surface area contributed by atoms with Crippen molar-refractivity contribution in [2.24, 2.45) is 0 Å². The Morgan fingerprint density at radius 1 is 1.15 bits per heavy atom. The molecule has 0 saturated heterocycles. The zero-order chi connectivity index (χ0) is 20.0. The van der Waals surface area contributed by atoms with Crippen LogP contribution in [0.1, 0.15) is 34.5 Å². The average molecular weight is 381 g/mol. The van der Waals surface area contributed by atoms with Gasteiger partial charge in [-0.3, -0.25) is 4.79 Å². The molecule has 146 valence electrons. The quantitative estimate of drug-likeness (QED) is 0.706. The lowest BCUT2D eigenvalue weighted by atomic mass is 10.0. The van der Waals surface area contributed by atoms with Crippen LogP contribution < -0.4 is 4.74 Å². The standard InChI is InChI=1S/C20H22F3NO3/c1-4-27-17-10-8-14(9-11-17)19(25)24(2)18(13-26-3)15-6-5-7-16(12-15)20(21,22)23/h5-12,18H,4,13H2,1-3H3. The minimum Gasteiger partial charge on any atom is -0.494 e. The highest BCUT2D eigenvalue weighted by molar-refractivity contribution is 5.94. The molecule has 0 aliphatic carbocycles. The highest BCUT2D eigenvalue weighted by Crippen LogP contribution is 2.32. The van der Waals surface area contributed by atoms with Gasteiger partial charge in [0, 0.05) is 19.7 Å². The molecule has 0 radical (unpaired) electrons. The minimum atomic E-state index is -4.45. The fraction of sp³-hybridized carbons (Fsp3) is 0.350.